The van der Waals surface area contributed by atoms with Gasteiger partial charge in [-0.3, -0.25) is 19.2 Å². The van der Waals surface area contributed by atoms with Crippen LogP contribution in [0.25, 0.3) is 0 Å². The maximum Gasteiger partial charge on any atom is 0.289 e. The molecule has 1 N–H and O–H groups in total. The molecule has 3 rings (SSSR count). The van der Waals surface area contributed by atoms with Crippen molar-refractivity contribution in [3.63, 3.8) is 0 Å². The zero-order chi connectivity index (χ0) is 23.3. The highest BCUT2D eigenvalue weighted by molar-refractivity contribution is 7.93. The summed E-state index contributed by atoms with van der Waals surface area (Å²) >= 11 is 12.0. The third-order valence-corrected chi connectivity index (χ3v) is 6.86. The number of anilines is 1. The Hall–Kier alpha value is -3.14. The van der Waals surface area contributed by atoms with Crippen molar-refractivity contribution in [2.75, 3.05) is 10.8 Å². The van der Waals surface area contributed by atoms with Gasteiger partial charge in [-0.05, 0) is 35.9 Å². The first-order valence-electron chi connectivity index (χ1n) is 9.22. The minimum absolute atomic E-state index is 0.0446. The van der Waals surface area contributed by atoms with E-state index >= 15 is 0 Å². The van der Waals surface area contributed by atoms with Crippen LogP contribution in [-0.2, 0) is 21.4 Å². The molecule has 3 aromatic carbocycles. The number of benzene rings is 3. The van der Waals surface area contributed by atoms with Crippen molar-refractivity contribution in [3.05, 3.63) is 98.5 Å². The molecule has 0 aliphatic carbocycles. The third-order valence-electron chi connectivity index (χ3n) is 4.45. The van der Waals surface area contributed by atoms with Gasteiger partial charge in [0.05, 0.1) is 10.6 Å². The number of carbonyl (C=O) groups is 1. The molecule has 0 aromatic heterocycles. The quantitative estimate of drug-likeness (QED) is 0.369. The number of sulfonamides is 1. The van der Waals surface area contributed by atoms with E-state index in [1.165, 1.54) is 30.3 Å². The minimum atomic E-state index is -4.43. The number of rotatable bonds is 8. The molecule has 8 nitrogen and oxygen atoms in total. The summed E-state index contributed by atoms with van der Waals surface area (Å²) < 4.78 is 27.6. The molecule has 1 amide bonds. The summed E-state index contributed by atoms with van der Waals surface area (Å²) in [5.41, 5.74) is 0.198. The summed E-state index contributed by atoms with van der Waals surface area (Å²) in [4.78, 5) is 22.8. The molecule has 0 unspecified atom stereocenters. The lowest BCUT2D eigenvalue weighted by atomic mass is 10.2. The Morgan fingerprint density at radius 2 is 1.66 bits per heavy atom. The maximum absolute atomic E-state index is 13.4. The molecule has 0 spiro atoms. The average Bonchev–Trinajstić information content (AvgIpc) is 2.77. The second-order valence-corrected chi connectivity index (χ2v) is 9.26. The van der Waals surface area contributed by atoms with E-state index in [1.54, 1.807) is 30.3 Å². The number of nitrogens with one attached hydrogen (secondary N) is 1. The highest BCUT2D eigenvalue weighted by Gasteiger charge is 2.33. The van der Waals surface area contributed by atoms with Gasteiger partial charge in [0.2, 0.25) is 5.91 Å². The Morgan fingerprint density at radius 1 is 1.00 bits per heavy atom. The third kappa shape index (κ3) is 5.37. The SMILES string of the molecule is O=C(CN(c1ccccc1)S(=O)(=O)c1ccccc1[N+](=O)[O-])NCc1ccc(Cl)cc1Cl. The highest BCUT2D eigenvalue weighted by Crippen LogP contribution is 2.29. The zero-order valence-corrected chi connectivity index (χ0v) is 18.8. The Balaban J connectivity index is 1.90. The summed E-state index contributed by atoms with van der Waals surface area (Å²) in [6.45, 7) is -0.549. The summed E-state index contributed by atoms with van der Waals surface area (Å²) in [5.74, 6) is -0.623. The van der Waals surface area contributed by atoms with Crippen molar-refractivity contribution in [1.29, 1.82) is 0 Å². The van der Waals surface area contributed by atoms with Gasteiger partial charge in [0.25, 0.3) is 15.7 Å². The largest absolute Gasteiger partial charge is 0.350 e. The molecule has 0 aliphatic rings. The van der Waals surface area contributed by atoms with E-state index in [2.05, 4.69) is 5.32 Å². The molecule has 0 saturated heterocycles. The molecule has 0 fully saturated rings. The number of carbonyl (C=O) groups excluding carboxylic acids is 1. The Bertz CT molecular complexity index is 1250. The van der Waals surface area contributed by atoms with Crippen molar-refractivity contribution >= 4 is 50.5 Å². The molecule has 32 heavy (non-hydrogen) atoms. The van der Waals surface area contributed by atoms with Crippen LogP contribution in [0.5, 0.6) is 0 Å². The lowest BCUT2D eigenvalue weighted by Gasteiger charge is -2.24. The van der Waals surface area contributed by atoms with Crippen molar-refractivity contribution in [2.24, 2.45) is 0 Å². The smallest absolute Gasteiger partial charge is 0.289 e. The molecule has 11 heteroatoms. The van der Waals surface area contributed by atoms with Gasteiger partial charge in [0.15, 0.2) is 4.90 Å². The van der Waals surface area contributed by atoms with Gasteiger partial charge < -0.3 is 5.32 Å². The summed E-state index contributed by atoms with van der Waals surface area (Å²) in [6, 6.07) is 17.6. The second kappa shape index (κ2) is 9.99. The highest BCUT2D eigenvalue weighted by atomic mass is 35.5. The molecular formula is C21H17Cl2N3O5S. The van der Waals surface area contributed by atoms with Crippen molar-refractivity contribution in [3.8, 4) is 0 Å². The standard InChI is InChI=1S/C21H17Cl2N3O5S/c22-16-11-10-15(18(23)12-16)13-24-21(27)14-25(17-6-2-1-3-7-17)32(30,31)20-9-5-4-8-19(20)26(28)29/h1-12H,13-14H2,(H,24,27). The van der Waals surface area contributed by atoms with Crippen molar-refractivity contribution in [1.82, 2.24) is 5.32 Å². The second-order valence-electron chi connectivity index (χ2n) is 6.58. The number of nitro groups is 1. The Labute approximate surface area is 194 Å². The summed E-state index contributed by atoms with van der Waals surface area (Å²) in [6.07, 6.45) is 0. The van der Waals surface area contributed by atoms with Crippen LogP contribution in [0.2, 0.25) is 10.0 Å². The van der Waals surface area contributed by atoms with Gasteiger partial charge in [-0.2, -0.15) is 0 Å². The molecular weight excluding hydrogens is 477 g/mol. The van der Waals surface area contributed by atoms with E-state index in [1.807, 2.05) is 0 Å². The molecule has 0 atom stereocenters. The van der Waals surface area contributed by atoms with Crippen LogP contribution < -0.4 is 9.62 Å². The lowest BCUT2D eigenvalue weighted by Crippen LogP contribution is -2.40. The Kier molecular flexibility index (Phi) is 7.34. The van der Waals surface area contributed by atoms with Crippen LogP contribution in [-0.4, -0.2) is 25.8 Å². The van der Waals surface area contributed by atoms with Crippen LogP contribution in [0, 0.1) is 10.1 Å². The normalized spacial score (nSPS) is 11.1. The van der Waals surface area contributed by atoms with E-state index in [0.29, 0.717) is 15.6 Å². The number of nitro benzene ring substituents is 1. The summed E-state index contributed by atoms with van der Waals surface area (Å²) in [5, 5.41) is 14.8. The fourth-order valence-corrected chi connectivity index (χ4v) is 4.96. The van der Waals surface area contributed by atoms with E-state index in [9.17, 15) is 23.3 Å². The summed E-state index contributed by atoms with van der Waals surface area (Å²) in [7, 11) is -4.43. The first-order chi connectivity index (χ1) is 15.2. The van der Waals surface area contributed by atoms with Gasteiger partial charge in [0.1, 0.15) is 6.54 Å². The zero-order valence-electron chi connectivity index (χ0n) is 16.4. The predicted octanol–water partition coefficient (Wildman–Crippen LogP) is 4.41. The number of nitrogens with zero attached hydrogens (tertiary/aromatic N) is 2. The van der Waals surface area contributed by atoms with Gasteiger partial charge in [-0.25, -0.2) is 8.42 Å². The first-order valence-corrected chi connectivity index (χ1v) is 11.4. The van der Waals surface area contributed by atoms with Gasteiger partial charge in [-0.15, -0.1) is 0 Å². The first kappa shape index (κ1) is 23.5. The van der Waals surface area contributed by atoms with Crippen molar-refractivity contribution < 1.29 is 18.1 Å². The fourth-order valence-electron chi connectivity index (χ4n) is 2.90. The molecule has 0 bridgehead atoms. The number of amides is 1. The van der Waals surface area contributed by atoms with Gasteiger partial charge in [0, 0.05) is 22.7 Å². The van der Waals surface area contributed by atoms with Crippen LogP contribution in [0.15, 0.2) is 77.7 Å². The molecule has 0 radical (unpaired) electrons. The average molecular weight is 494 g/mol. The minimum Gasteiger partial charge on any atom is -0.350 e. The van der Waals surface area contributed by atoms with Crippen molar-refractivity contribution in [2.45, 2.75) is 11.4 Å². The molecule has 0 saturated carbocycles. The molecule has 0 heterocycles. The van der Waals surface area contributed by atoms with Crippen LogP contribution >= 0.6 is 23.2 Å². The van der Waals surface area contributed by atoms with Gasteiger partial charge >= 0.3 is 0 Å². The molecule has 0 aliphatic heterocycles. The van der Waals surface area contributed by atoms with Crippen LogP contribution in [0.4, 0.5) is 11.4 Å². The van der Waals surface area contributed by atoms with E-state index in [4.69, 9.17) is 23.2 Å². The Morgan fingerprint density at radius 3 is 2.31 bits per heavy atom. The van der Waals surface area contributed by atoms with Crippen LogP contribution in [0.3, 0.4) is 0 Å². The maximum atomic E-state index is 13.4. The number of hydrogen-bond acceptors (Lipinski definition) is 5. The lowest BCUT2D eigenvalue weighted by molar-refractivity contribution is -0.387. The molecule has 3 aromatic rings. The number of hydrogen-bond donors (Lipinski definition) is 1. The predicted molar refractivity (Wildman–Crippen MR) is 122 cm³/mol. The van der Waals surface area contributed by atoms with E-state index in [-0.39, 0.29) is 12.2 Å². The van der Waals surface area contributed by atoms with E-state index < -0.39 is 38.0 Å². The topological polar surface area (TPSA) is 110 Å². The van der Waals surface area contributed by atoms with Crippen LogP contribution in [0.1, 0.15) is 5.56 Å². The molecule has 166 valence electrons. The fraction of sp³-hybridized carbons (Fsp3) is 0.0952. The van der Waals surface area contributed by atoms with E-state index in [0.717, 1.165) is 16.4 Å². The van der Waals surface area contributed by atoms with Gasteiger partial charge in [-0.1, -0.05) is 59.6 Å². The number of para-hydroxylation sites is 2. The number of halogens is 2. The monoisotopic (exact) mass is 493 g/mol.